The number of likely N-dealkylation sites (N-methyl/N-ethyl adjacent to an activating group) is 1. The fourth-order valence-corrected chi connectivity index (χ4v) is 1.69. The molecule has 4 nitrogen and oxygen atoms in total. The van der Waals surface area contributed by atoms with Crippen LogP contribution in [-0.4, -0.2) is 56.0 Å². The summed E-state index contributed by atoms with van der Waals surface area (Å²) < 4.78 is 24.5. The summed E-state index contributed by atoms with van der Waals surface area (Å²) in [6.07, 6.45) is -2.39. The van der Waals surface area contributed by atoms with Crippen molar-refractivity contribution in [1.82, 2.24) is 15.5 Å². The van der Waals surface area contributed by atoms with Crippen molar-refractivity contribution in [3.05, 3.63) is 0 Å². The van der Waals surface area contributed by atoms with Gasteiger partial charge in [-0.25, -0.2) is 8.78 Å². The summed E-state index contributed by atoms with van der Waals surface area (Å²) in [4.78, 5) is 13.1. The molecule has 0 spiro atoms. The number of piperazine rings is 1. The molecular formula is C9H17F2N3O. The third-order valence-electron chi connectivity index (χ3n) is 2.38. The Morgan fingerprint density at radius 2 is 2.40 bits per heavy atom. The van der Waals surface area contributed by atoms with Crippen molar-refractivity contribution >= 4 is 5.91 Å². The second-order valence-electron chi connectivity index (χ2n) is 3.50. The molecule has 1 fully saturated rings. The van der Waals surface area contributed by atoms with Crippen molar-refractivity contribution < 1.29 is 13.6 Å². The van der Waals surface area contributed by atoms with Crippen molar-refractivity contribution in [3.8, 4) is 0 Å². The lowest BCUT2D eigenvalue weighted by Crippen LogP contribution is -2.58. The van der Waals surface area contributed by atoms with E-state index < -0.39 is 12.5 Å². The molecule has 15 heavy (non-hydrogen) atoms. The van der Waals surface area contributed by atoms with E-state index in [0.29, 0.717) is 26.2 Å². The van der Waals surface area contributed by atoms with E-state index in [1.54, 1.807) is 0 Å². The van der Waals surface area contributed by atoms with E-state index in [0.717, 1.165) is 0 Å². The Kier molecular flexibility index (Phi) is 4.90. The normalized spacial score (nSPS) is 23.1. The van der Waals surface area contributed by atoms with Gasteiger partial charge in [0.15, 0.2) is 0 Å². The zero-order valence-corrected chi connectivity index (χ0v) is 8.80. The van der Waals surface area contributed by atoms with E-state index in [9.17, 15) is 13.6 Å². The van der Waals surface area contributed by atoms with Crippen molar-refractivity contribution in [3.63, 3.8) is 0 Å². The summed E-state index contributed by atoms with van der Waals surface area (Å²) in [5, 5.41) is 5.68. The average molecular weight is 221 g/mol. The highest BCUT2D eigenvalue weighted by Crippen LogP contribution is 2.06. The van der Waals surface area contributed by atoms with E-state index in [4.69, 9.17) is 0 Å². The molecule has 0 bridgehead atoms. The number of halogens is 2. The Morgan fingerprint density at radius 1 is 1.67 bits per heavy atom. The van der Waals surface area contributed by atoms with Crippen LogP contribution in [0.15, 0.2) is 0 Å². The summed E-state index contributed by atoms with van der Waals surface area (Å²) in [6, 6.07) is -0.465. The quantitative estimate of drug-likeness (QED) is 0.682. The molecule has 0 aromatic heterocycles. The van der Waals surface area contributed by atoms with Gasteiger partial charge in [0.25, 0.3) is 6.43 Å². The molecule has 1 saturated heterocycles. The van der Waals surface area contributed by atoms with Gasteiger partial charge < -0.3 is 10.6 Å². The third kappa shape index (κ3) is 3.71. The molecule has 1 unspecified atom stereocenters. The summed E-state index contributed by atoms with van der Waals surface area (Å²) in [5.74, 6) is -0.176. The lowest BCUT2D eigenvalue weighted by atomic mass is 10.1. The minimum atomic E-state index is -2.39. The second kappa shape index (κ2) is 5.97. The maximum atomic E-state index is 12.2. The van der Waals surface area contributed by atoms with Crippen LogP contribution in [0.25, 0.3) is 0 Å². The molecule has 2 N–H and O–H groups in total. The highest BCUT2D eigenvalue weighted by Gasteiger charge is 2.29. The SMILES string of the molecule is CCNC(=O)C1CNCCN1CC(F)F. The first-order valence-corrected chi connectivity index (χ1v) is 5.15. The first-order valence-electron chi connectivity index (χ1n) is 5.15. The first-order chi connectivity index (χ1) is 7.15. The van der Waals surface area contributed by atoms with Gasteiger partial charge in [0.05, 0.1) is 6.54 Å². The zero-order valence-electron chi connectivity index (χ0n) is 8.80. The van der Waals surface area contributed by atoms with Crippen LogP contribution in [0.4, 0.5) is 8.78 Å². The average Bonchev–Trinajstić information content (AvgIpc) is 2.18. The van der Waals surface area contributed by atoms with Crippen LogP contribution >= 0.6 is 0 Å². The minimum Gasteiger partial charge on any atom is -0.355 e. The third-order valence-corrected chi connectivity index (χ3v) is 2.38. The number of hydrogen-bond acceptors (Lipinski definition) is 3. The van der Waals surface area contributed by atoms with Crippen molar-refractivity contribution in [1.29, 1.82) is 0 Å². The number of rotatable bonds is 4. The van der Waals surface area contributed by atoms with E-state index >= 15 is 0 Å². The smallest absolute Gasteiger partial charge is 0.251 e. The van der Waals surface area contributed by atoms with Crippen LogP contribution in [0.5, 0.6) is 0 Å². The summed E-state index contributed by atoms with van der Waals surface area (Å²) in [5.41, 5.74) is 0. The van der Waals surface area contributed by atoms with Crippen LogP contribution in [-0.2, 0) is 4.79 Å². The fourth-order valence-electron chi connectivity index (χ4n) is 1.69. The van der Waals surface area contributed by atoms with Crippen molar-refractivity contribution in [2.45, 2.75) is 19.4 Å². The predicted molar refractivity (Wildman–Crippen MR) is 52.9 cm³/mol. The number of alkyl halides is 2. The molecule has 0 aromatic rings. The monoisotopic (exact) mass is 221 g/mol. The number of nitrogens with zero attached hydrogens (tertiary/aromatic N) is 1. The van der Waals surface area contributed by atoms with Crippen molar-refractivity contribution in [2.24, 2.45) is 0 Å². The summed E-state index contributed by atoms with van der Waals surface area (Å²) in [6.45, 7) is 3.60. The molecule has 1 amide bonds. The van der Waals surface area contributed by atoms with Gasteiger partial charge in [-0.15, -0.1) is 0 Å². The zero-order chi connectivity index (χ0) is 11.3. The fraction of sp³-hybridized carbons (Fsp3) is 0.889. The van der Waals surface area contributed by atoms with E-state index in [-0.39, 0.29) is 12.5 Å². The molecule has 0 saturated carbocycles. The van der Waals surface area contributed by atoms with E-state index in [2.05, 4.69) is 10.6 Å². The van der Waals surface area contributed by atoms with E-state index in [1.807, 2.05) is 6.92 Å². The van der Waals surface area contributed by atoms with Crippen LogP contribution in [0, 0.1) is 0 Å². The highest BCUT2D eigenvalue weighted by atomic mass is 19.3. The van der Waals surface area contributed by atoms with Gasteiger partial charge in [0.1, 0.15) is 6.04 Å². The van der Waals surface area contributed by atoms with Crippen LogP contribution in [0.3, 0.4) is 0 Å². The maximum Gasteiger partial charge on any atom is 0.251 e. The van der Waals surface area contributed by atoms with Crippen LogP contribution in [0.2, 0.25) is 0 Å². The first kappa shape index (κ1) is 12.3. The van der Waals surface area contributed by atoms with Gasteiger partial charge in [-0.2, -0.15) is 0 Å². The molecule has 0 aromatic carbocycles. The Labute approximate surface area is 88.0 Å². The molecule has 1 atom stereocenters. The topological polar surface area (TPSA) is 44.4 Å². The second-order valence-corrected chi connectivity index (χ2v) is 3.50. The molecule has 1 aliphatic rings. The molecule has 0 aliphatic carbocycles. The largest absolute Gasteiger partial charge is 0.355 e. The number of carbonyl (C=O) groups is 1. The molecule has 1 aliphatic heterocycles. The van der Waals surface area contributed by atoms with Crippen molar-refractivity contribution in [2.75, 3.05) is 32.7 Å². The number of nitrogens with one attached hydrogen (secondary N) is 2. The number of carbonyl (C=O) groups excluding carboxylic acids is 1. The Morgan fingerprint density at radius 3 is 3.00 bits per heavy atom. The molecular weight excluding hydrogens is 204 g/mol. The maximum absolute atomic E-state index is 12.2. The van der Waals surface area contributed by atoms with Gasteiger partial charge in [0, 0.05) is 26.2 Å². The Hall–Kier alpha value is -0.750. The summed E-state index contributed by atoms with van der Waals surface area (Å²) >= 11 is 0. The molecule has 0 radical (unpaired) electrons. The van der Waals surface area contributed by atoms with Crippen LogP contribution in [0.1, 0.15) is 6.92 Å². The number of amides is 1. The van der Waals surface area contributed by atoms with Gasteiger partial charge in [-0.05, 0) is 6.92 Å². The van der Waals surface area contributed by atoms with Gasteiger partial charge in [-0.1, -0.05) is 0 Å². The lowest BCUT2D eigenvalue weighted by molar-refractivity contribution is -0.127. The highest BCUT2D eigenvalue weighted by molar-refractivity contribution is 5.82. The minimum absolute atomic E-state index is 0.176. The standard InChI is InChI=1S/C9H17F2N3O/c1-2-13-9(15)7-5-12-3-4-14(7)6-8(10)11/h7-8,12H,2-6H2,1H3,(H,13,15). The molecule has 6 heteroatoms. The van der Waals surface area contributed by atoms with Gasteiger partial charge in [0.2, 0.25) is 5.91 Å². The molecule has 1 rings (SSSR count). The van der Waals surface area contributed by atoms with E-state index in [1.165, 1.54) is 4.90 Å². The summed E-state index contributed by atoms with van der Waals surface area (Å²) in [7, 11) is 0. The van der Waals surface area contributed by atoms with Gasteiger partial charge >= 0.3 is 0 Å². The lowest BCUT2D eigenvalue weighted by Gasteiger charge is -2.34. The van der Waals surface area contributed by atoms with Crippen LogP contribution < -0.4 is 10.6 Å². The molecule has 1 heterocycles. The molecule has 88 valence electrons. The Bertz CT molecular complexity index is 214. The number of hydrogen-bond donors (Lipinski definition) is 2. The predicted octanol–water partition coefficient (Wildman–Crippen LogP) is -0.339. The van der Waals surface area contributed by atoms with Gasteiger partial charge in [-0.3, -0.25) is 9.69 Å². The Balaban J connectivity index is 2.52.